The zero-order chi connectivity index (χ0) is 20.0. The van der Waals surface area contributed by atoms with Gasteiger partial charge in [-0.15, -0.1) is 0 Å². The molecule has 146 valence electrons. The van der Waals surface area contributed by atoms with Gasteiger partial charge in [-0.3, -0.25) is 4.79 Å². The summed E-state index contributed by atoms with van der Waals surface area (Å²) in [6.45, 7) is 6.05. The molecule has 0 unspecified atom stereocenters. The molecular weight excluding hydrogens is 364 g/mol. The summed E-state index contributed by atoms with van der Waals surface area (Å²) in [4.78, 5) is 13.6. The molecule has 7 heteroatoms. The minimum absolute atomic E-state index is 0.102. The lowest BCUT2D eigenvalue weighted by atomic mass is 10.1. The molecule has 0 aliphatic carbocycles. The van der Waals surface area contributed by atoms with Crippen molar-refractivity contribution in [1.82, 2.24) is 9.62 Å². The Hall–Kier alpha value is -2.38. The third-order valence-corrected chi connectivity index (χ3v) is 5.89. The molecule has 0 spiro atoms. The maximum absolute atomic E-state index is 12.7. The molecule has 27 heavy (non-hydrogen) atoms. The Morgan fingerprint density at radius 2 is 1.74 bits per heavy atom. The molecule has 6 nitrogen and oxygen atoms in total. The number of hydrogen-bond acceptors (Lipinski definition) is 4. The Bertz CT molecular complexity index is 896. The lowest BCUT2D eigenvalue weighted by molar-refractivity contribution is -0.129. The summed E-state index contributed by atoms with van der Waals surface area (Å²) in [5, 5.41) is 0. The van der Waals surface area contributed by atoms with Gasteiger partial charge >= 0.3 is 0 Å². The number of carbonyl (C=O) groups excluding carboxylic acids is 1. The predicted molar refractivity (Wildman–Crippen MR) is 105 cm³/mol. The van der Waals surface area contributed by atoms with Crippen LogP contribution in [0.1, 0.15) is 23.6 Å². The fourth-order valence-corrected chi connectivity index (χ4v) is 3.93. The Kier molecular flexibility index (Phi) is 6.98. The van der Waals surface area contributed by atoms with Gasteiger partial charge < -0.3 is 9.64 Å². The normalized spacial score (nSPS) is 11.3. The molecule has 1 N–H and O–H groups in total. The summed E-state index contributed by atoms with van der Waals surface area (Å²) >= 11 is 0. The minimum Gasteiger partial charge on any atom is -0.495 e. The Morgan fingerprint density at radius 3 is 2.33 bits per heavy atom. The van der Waals surface area contributed by atoms with Gasteiger partial charge in [-0.25, -0.2) is 13.1 Å². The predicted octanol–water partition coefficient (Wildman–Crippen LogP) is 2.64. The van der Waals surface area contributed by atoms with Gasteiger partial charge in [-0.1, -0.05) is 30.3 Å². The molecule has 0 aliphatic heterocycles. The highest BCUT2D eigenvalue weighted by molar-refractivity contribution is 7.89. The molecule has 0 saturated heterocycles. The van der Waals surface area contributed by atoms with Crippen LogP contribution in [0.5, 0.6) is 5.75 Å². The van der Waals surface area contributed by atoms with Crippen molar-refractivity contribution in [2.24, 2.45) is 0 Å². The van der Waals surface area contributed by atoms with Gasteiger partial charge in [0, 0.05) is 26.6 Å². The van der Waals surface area contributed by atoms with Crippen LogP contribution in [-0.2, 0) is 21.4 Å². The summed E-state index contributed by atoms with van der Waals surface area (Å²) in [5.41, 5.74) is 2.81. The minimum atomic E-state index is -3.75. The molecule has 2 aromatic carbocycles. The van der Waals surface area contributed by atoms with E-state index in [0.29, 0.717) is 12.3 Å². The lowest BCUT2D eigenvalue weighted by Gasteiger charge is -2.21. The van der Waals surface area contributed by atoms with E-state index in [1.807, 2.05) is 44.2 Å². The summed E-state index contributed by atoms with van der Waals surface area (Å²) in [5.74, 6) is 0.195. The van der Waals surface area contributed by atoms with Crippen LogP contribution in [0.25, 0.3) is 0 Å². The Morgan fingerprint density at radius 1 is 1.11 bits per heavy atom. The maximum atomic E-state index is 12.7. The summed E-state index contributed by atoms with van der Waals surface area (Å²) < 4.78 is 33.2. The Balaban J connectivity index is 2.08. The van der Waals surface area contributed by atoms with Gasteiger partial charge in [0.2, 0.25) is 15.9 Å². The molecule has 1 amide bonds. The first-order valence-electron chi connectivity index (χ1n) is 8.69. The molecule has 0 atom stereocenters. The molecule has 0 bridgehead atoms. The van der Waals surface area contributed by atoms with Gasteiger partial charge in [0.05, 0.1) is 7.11 Å². The fraction of sp³-hybridized carbons (Fsp3) is 0.350. The first-order chi connectivity index (χ1) is 12.7. The number of rotatable bonds is 8. The number of ether oxygens (including phenoxy) is 1. The van der Waals surface area contributed by atoms with Crippen LogP contribution in [-0.4, -0.2) is 39.4 Å². The van der Waals surface area contributed by atoms with E-state index in [9.17, 15) is 13.2 Å². The summed E-state index contributed by atoms with van der Waals surface area (Å²) in [7, 11) is -2.30. The number of amides is 1. The zero-order valence-electron chi connectivity index (χ0n) is 16.2. The molecular formula is C20H26N2O4S. The van der Waals surface area contributed by atoms with Crippen molar-refractivity contribution < 1.29 is 17.9 Å². The standard InChI is InChI=1S/C20H26N2O4S/c1-15-12-19(26-4)20(13-16(15)2)27(24,25)21-10-11-22(17(3)23)14-18-8-6-5-7-9-18/h5-9,12-13,21H,10-11,14H2,1-4H3. The Labute approximate surface area is 161 Å². The highest BCUT2D eigenvalue weighted by Crippen LogP contribution is 2.27. The summed E-state index contributed by atoms with van der Waals surface area (Å²) in [6.07, 6.45) is 0. The van der Waals surface area contributed by atoms with E-state index in [-0.39, 0.29) is 23.9 Å². The number of carbonyl (C=O) groups is 1. The van der Waals surface area contributed by atoms with Crippen molar-refractivity contribution in [3.63, 3.8) is 0 Å². The molecule has 0 saturated carbocycles. The van der Waals surface area contributed by atoms with Crippen molar-refractivity contribution in [2.75, 3.05) is 20.2 Å². The smallest absolute Gasteiger partial charge is 0.244 e. The lowest BCUT2D eigenvalue weighted by Crippen LogP contribution is -2.37. The number of hydrogen-bond donors (Lipinski definition) is 1. The average Bonchev–Trinajstić information content (AvgIpc) is 2.63. The van der Waals surface area contributed by atoms with Gasteiger partial charge in [0.1, 0.15) is 10.6 Å². The second-order valence-electron chi connectivity index (χ2n) is 6.41. The van der Waals surface area contributed by atoms with Crippen LogP contribution in [0.15, 0.2) is 47.4 Å². The number of nitrogens with zero attached hydrogens (tertiary/aromatic N) is 1. The third kappa shape index (κ3) is 5.55. The molecule has 2 rings (SSSR count). The van der Waals surface area contributed by atoms with Crippen molar-refractivity contribution >= 4 is 15.9 Å². The van der Waals surface area contributed by atoms with Crippen LogP contribution in [0, 0.1) is 13.8 Å². The number of benzene rings is 2. The van der Waals surface area contributed by atoms with E-state index >= 15 is 0 Å². The first-order valence-corrected chi connectivity index (χ1v) is 10.2. The maximum Gasteiger partial charge on any atom is 0.244 e. The fourth-order valence-electron chi connectivity index (χ4n) is 2.68. The summed E-state index contributed by atoms with van der Waals surface area (Å²) in [6, 6.07) is 12.9. The zero-order valence-corrected chi connectivity index (χ0v) is 17.0. The van der Waals surface area contributed by atoms with Gasteiger partial charge in [0.15, 0.2) is 0 Å². The molecule has 0 heterocycles. The van der Waals surface area contributed by atoms with Crippen LogP contribution in [0.4, 0.5) is 0 Å². The molecule has 0 radical (unpaired) electrons. The molecule has 0 fully saturated rings. The van der Waals surface area contributed by atoms with E-state index in [0.717, 1.165) is 16.7 Å². The quantitative estimate of drug-likeness (QED) is 0.752. The number of methoxy groups -OCH3 is 1. The SMILES string of the molecule is COc1cc(C)c(C)cc1S(=O)(=O)NCCN(Cc1ccccc1)C(C)=O. The highest BCUT2D eigenvalue weighted by atomic mass is 32.2. The van der Waals surface area contributed by atoms with Crippen LogP contribution < -0.4 is 9.46 Å². The monoisotopic (exact) mass is 390 g/mol. The van der Waals surface area contributed by atoms with Gasteiger partial charge in [-0.05, 0) is 42.7 Å². The number of aryl methyl sites for hydroxylation is 2. The van der Waals surface area contributed by atoms with Crippen molar-refractivity contribution in [1.29, 1.82) is 0 Å². The van der Waals surface area contributed by atoms with Crippen molar-refractivity contribution in [3.05, 3.63) is 59.2 Å². The van der Waals surface area contributed by atoms with Crippen LogP contribution >= 0.6 is 0 Å². The largest absolute Gasteiger partial charge is 0.495 e. The highest BCUT2D eigenvalue weighted by Gasteiger charge is 2.21. The van der Waals surface area contributed by atoms with Crippen molar-refractivity contribution in [3.8, 4) is 5.75 Å². The second-order valence-corrected chi connectivity index (χ2v) is 8.15. The van der Waals surface area contributed by atoms with Crippen LogP contribution in [0.2, 0.25) is 0 Å². The van der Waals surface area contributed by atoms with E-state index < -0.39 is 10.0 Å². The average molecular weight is 391 g/mol. The van der Waals surface area contributed by atoms with E-state index in [4.69, 9.17) is 4.74 Å². The first kappa shape index (κ1) is 20.9. The van der Waals surface area contributed by atoms with E-state index in [2.05, 4.69) is 4.72 Å². The second kappa shape index (κ2) is 9.01. The molecule has 2 aromatic rings. The number of sulfonamides is 1. The van der Waals surface area contributed by atoms with Gasteiger partial charge in [-0.2, -0.15) is 0 Å². The third-order valence-electron chi connectivity index (χ3n) is 4.40. The van der Waals surface area contributed by atoms with Crippen molar-refractivity contribution in [2.45, 2.75) is 32.2 Å². The molecule has 0 aliphatic rings. The van der Waals surface area contributed by atoms with Gasteiger partial charge in [0.25, 0.3) is 0 Å². The number of nitrogens with one attached hydrogen (secondary N) is 1. The van der Waals surface area contributed by atoms with E-state index in [1.54, 1.807) is 17.0 Å². The van der Waals surface area contributed by atoms with E-state index in [1.165, 1.54) is 14.0 Å². The van der Waals surface area contributed by atoms with Crippen LogP contribution in [0.3, 0.4) is 0 Å². The topological polar surface area (TPSA) is 75.7 Å². The molecule has 0 aromatic heterocycles.